The highest BCUT2D eigenvalue weighted by Crippen LogP contribution is 2.19. The summed E-state index contributed by atoms with van der Waals surface area (Å²) in [6.45, 7) is 1.49. The van der Waals surface area contributed by atoms with E-state index in [0.29, 0.717) is 12.8 Å². The van der Waals surface area contributed by atoms with Crippen molar-refractivity contribution in [1.82, 2.24) is 5.32 Å². The number of hydrogen-bond donors (Lipinski definition) is 2. The number of alkyl halides is 3. The summed E-state index contributed by atoms with van der Waals surface area (Å²) in [7, 11) is 0. The third kappa shape index (κ3) is 7.08. The molecule has 0 rings (SSSR count). The fourth-order valence-electron chi connectivity index (χ4n) is 1.14. The molecule has 0 aliphatic carbocycles. The van der Waals surface area contributed by atoms with Crippen LogP contribution < -0.4 is 5.32 Å². The number of aliphatic carboxylic acids is 1. The highest BCUT2D eigenvalue weighted by molar-refractivity contribution is 5.77. The second-order valence-corrected chi connectivity index (χ2v) is 3.42. The third-order valence-corrected chi connectivity index (χ3v) is 1.89. The Bertz CT molecular complexity index is 253. The molecule has 0 spiro atoms. The van der Waals surface area contributed by atoms with E-state index < -0.39 is 30.4 Å². The number of amides is 1. The van der Waals surface area contributed by atoms with Crippen molar-refractivity contribution in [2.75, 3.05) is 6.54 Å². The smallest absolute Gasteiger partial charge is 0.397 e. The summed E-state index contributed by atoms with van der Waals surface area (Å²) in [6, 6.07) is 0. The first kappa shape index (κ1) is 14.7. The highest BCUT2D eigenvalue weighted by atomic mass is 19.4. The van der Waals surface area contributed by atoms with Crippen molar-refractivity contribution in [2.24, 2.45) is 5.92 Å². The van der Waals surface area contributed by atoms with E-state index in [4.69, 9.17) is 5.11 Å². The van der Waals surface area contributed by atoms with E-state index in [9.17, 15) is 22.8 Å². The molecule has 0 bridgehead atoms. The van der Waals surface area contributed by atoms with Crippen LogP contribution in [0.15, 0.2) is 0 Å². The molecule has 0 aliphatic heterocycles. The van der Waals surface area contributed by atoms with Gasteiger partial charge < -0.3 is 10.4 Å². The predicted molar refractivity (Wildman–Crippen MR) is 49.7 cm³/mol. The number of carbonyl (C=O) groups is 2. The summed E-state index contributed by atoms with van der Waals surface area (Å²) in [6.07, 6.45) is -5.23. The lowest BCUT2D eigenvalue weighted by Crippen LogP contribution is -2.35. The molecule has 1 atom stereocenters. The molecule has 0 fully saturated rings. The summed E-state index contributed by atoms with van der Waals surface area (Å²) in [5, 5.41) is 10.6. The van der Waals surface area contributed by atoms with Crippen LogP contribution in [0.5, 0.6) is 0 Å². The standard InChI is InChI=1S/C9H14F3NO3/c1-2-3-6(8(15)16)5-13-7(14)4-9(10,11)12/h6H,2-5H2,1H3,(H,13,14)(H,15,16). The molecule has 94 valence electrons. The Hall–Kier alpha value is -1.27. The van der Waals surface area contributed by atoms with Crippen LogP contribution in [0.4, 0.5) is 13.2 Å². The lowest BCUT2D eigenvalue weighted by Gasteiger charge is -2.13. The maximum absolute atomic E-state index is 11.8. The minimum atomic E-state index is -4.56. The van der Waals surface area contributed by atoms with E-state index in [1.165, 1.54) is 0 Å². The zero-order valence-electron chi connectivity index (χ0n) is 8.80. The summed E-state index contributed by atoms with van der Waals surface area (Å²) >= 11 is 0. The number of carboxylic acids is 1. The maximum atomic E-state index is 11.8. The largest absolute Gasteiger partial charge is 0.481 e. The Balaban J connectivity index is 4.01. The molecular formula is C9H14F3NO3. The van der Waals surface area contributed by atoms with E-state index >= 15 is 0 Å². The number of halogens is 3. The topological polar surface area (TPSA) is 66.4 Å². The number of rotatable bonds is 6. The number of hydrogen-bond acceptors (Lipinski definition) is 2. The Kier molecular flexibility index (Phi) is 5.84. The average Bonchev–Trinajstić information content (AvgIpc) is 2.08. The molecule has 16 heavy (non-hydrogen) atoms. The lowest BCUT2D eigenvalue weighted by atomic mass is 10.0. The van der Waals surface area contributed by atoms with Gasteiger partial charge in [-0.05, 0) is 6.42 Å². The van der Waals surface area contributed by atoms with Crippen molar-refractivity contribution in [3.05, 3.63) is 0 Å². The van der Waals surface area contributed by atoms with Gasteiger partial charge in [-0.2, -0.15) is 13.2 Å². The Morgan fingerprint density at radius 2 is 1.94 bits per heavy atom. The van der Waals surface area contributed by atoms with Gasteiger partial charge in [-0.1, -0.05) is 13.3 Å². The van der Waals surface area contributed by atoms with Gasteiger partial charge in [0.25, 0.3) is 0 Å². The van der Waals surface area contributed by atoms with E-state index in [-0.39, 0.29) is 6.54 Å². The molecule has 0 saturated heterocycles. The Morgan fingerprint density at radius 1 is 1.38 bits per heavy atom. The van der Waals surface area contributed by atoms with Crippen LogP contribution in [0.3, 0.4) is 0 Å². The van der Waals surface area contributed by atoms with Gasteiger partial charge in [-0.3, -0.25) is 9.59 Å². The quantitative estimate of drug-likeness (QED) is 0.741. The highest BCUT2D eigenvalue weighted by Gasteiger charge is 2.31. The molecule has 1 amide bonds. The van der Waals surface area contributed by atoms with E-state index in [2.05, 4.69) is 0 Å². The first-order valence-corrected chi connectivity index (χ1v) is 4.82. The van der Waals surface area contributed by atoms with Crippen LogP contribution in [0.2, 0.25) is 0 Å². The molecule has 0 aliphatic rings. The van der Waals surface area contributed by atoms with Crippen molar-refractivity contribution in [2.45, 2.75) is 32.4 Å². The molecule has 0 aromatic carbocycles. The van der Waals surface area contributed by atoms with Crippen LogP contribution in [-0.4, -0.2) is 29.7 Å². The molecule has 0 aromatic heterocycles. The molecular weight excluding hydrogens is 227 g/mol. The lowest BCUT2D eigenvalue weighted by molar-refractivity contribution is -0.153. The first-order valence-electron chi connectivity index (χ1n) is 4.82. The summed E-state index contributed by atoms with van der Waals surface area (Å²) < 4.78 is 35.3. The van der Waals surface area contributed by atoms with Crippen LogP contribution in [-0.2, 0) is 9.59 Å². The zero-order chi connectivity index (χ0) is 12.8. The summed E-state index contributed by atoms with van der Waals surface area (Å²) in [5.41, 5.74) is 0. The number of nitrogens with one attached hydrogen (secondary N) is 1. The fourth-order valence-corrected chi connectivity index (χ4v) is 1.14. The van der Waals surface area contributed by atoms with Gasteiger partial charge in [0.2, 0.25) is 5.91 Å². The Morgan fingerprint density at radius 3 is 2.31 bits per heavy atom. The second-order valence-electron chi connectivity index (χ2n) is 3.42. The average molecular weight is 241 g/mol. The van der Waals surface area contributed by atoms with Crippen LogP contribution in [0, 0.1) is 5.92 Å². The van der Waals surface area contributed by atoms with E-state index in [1.54, 1.807) is 6.92 Å². The van der Waals surface area contributed by atoms with Crippen LogP contribution in [0.25, 0.3) is 0 Å². The van der Waals surface area contributed by atoms with Crippen LogP contribution >= 0.6 is 0 Å². The van der Waals surface area contributed by atoms with Gasteiger partial charge >= 0.3 is 12.1 Å². The van der Waals surface area contributed by atoms with Crippen molar-refractivity contribution >= 4 is 11.9 Å². The molecule has 0 aromatic rings. The summed E-state index contributed by atoms with van der Waals surface area (Å²) in [5.74, 6) is -3.15. The van der Waals surface area contributed by atoms with E-state index in [0.717, 1.165) is 0 Å². The van der Waals surface area contributed by atoms with Crippen molar-refractivity contribution in [3.8, 4) is 0 Å². The second kappa shape index (κ2) is 6.34. The Labute approximate surface area is 90.8 Å². The maximum Gasteiger partial charge on any atom is 0.397 e. The van der Waals surface area contributed by atoms with Crippen LogP contribution in [0.1, 0.15) is 26.2 Å². The SMILES string of the molecule is CCCC(CNC(=O)CC(F)(F)F)C(=O)O. The predicted octanol–water partition coefficient (Wildman–Crippen LogP) is 1.56. The van der Waals surface area contributed by atoms with Crippen molar-refractivity contribution < 1.29 is 27.9 Å². The molecule has 4 nitrogen and oxygen atoms in total. The van der Waals surface area contributed by atoms with Gasteiger partial charge in [0.15, 0.2) is 0 Å². The zero-order valence-corrected chi connectivity index (χ0v) is 8.80. The van der Waals surface area contributed by atoms with Crippen molar-refractivity contribution in [3.63, 3.8) is 0 Å². The molecule has 0 radical (unpaired) electrons. The van der Waals surface area contributed by atoms with Gasteiger partial charge in [0, 0.05) is 6.54 Å². The fraction of sp³-hybridized carbons (Fsp3) is 0.778. The first-order chi connectivity index (χ1) is 7.26. The molecule has 0 heterocycles. The monoisotopic (exact) mass is 241 g/mol. The normalized spacial score (nSPS) is 13.2. The minimum absolute atomic E-state index is 0.266. The van der Waals surface area contributed by atoms with Gasteiger partial charge in [0.05, 0.1) is 5.92 Å². The molecule has 2 N–H and O–H groups in total. The molecule has 1 unspecified atom stereocenters. The van der Waals surface area contributed by atoms with Gasteiger partial charge in [-0.15, -0.1) is 0 Å². The van der Waals surface area contributed by atoms with E-state index in [1.807, 2.05) is 5.32 Å². The summed E-state index contributed by atoms with van der Waals surface area (Å²) in [4.78, 5) is 21.4. The molecule has 0 saturated carbocycles. The third-order valence-electron chi connectivity index (χ3n) is 1.89. The van der Waals surface area contributed by atoms with Gasteiger partial charge in [0.1, 0.15) is 6.42 Å². The molecule has 7 heteroatoms. The van der Waals surface area contributed by atoms with Gasteiger partial charge in [-0.25, -0.2) is 0 Å². The number of carbonyl (C=O) groups excluding carboxylic acids is 1. The minimum Gasteiger partial charge on any atom is -0.481 e. The number of carboxylic acid groups (broad SMARTS) is 1. The van der Waals surface area contributed by atoms with Crippen molar-refractivity contribution in [1.29, 1.82) is 0 Å².